The van der Waals surface area contributed by atoms with Crippen LogP contribution in [0, 0.1) is 0 Å². The first-order valence-corrected chi connectivity index (χ1v) is 1.04. The summed E-state index contributed by atoms with van der Waals surface area (Å²) in [6, 6.07) is -5.09. The molecule has 0 N–H and O–H groups in total. The highest BCUT2D eigenvalue weighted by molar-refractivity contribution is 6.28. The van der Waals surface area contributed by atoms with Gasteiger partial charge in [-0.05, 0) is 0 Å². The molecule has 5 heteroatoms. The van der Waals surface area contributed by atoms with Gasteiger partial charge in [0, 0.05) is 8.41 Å². The summed E-state index contributed by atoms with van der Waals surface area (Å²) >= 11 is 0. The average Bonchev–Trinajstić information content (AvgIpc) is 1.36. The highest BCUT2D eigenvalue weighted by Crippen LogP contribution is 1.74. The van der Waals surface area contributed by atoms with E-state index < -0.39 is 12.1 Å². The molecule has 0 aliphatic rings. The zero-order valence-electron chi connectivity index (χ0n) is 3.15. The standard InChI is InChI=1S/C2F2O2.B/c3-1(5)2(4)6;. The maximum atomic E-state index is 10.5. The van der Waals surface area contributed by atoms with Crippen molar-refractivity contribution in [1.82, 2.24) is 0 Å². The van der Waals surface area contributed by atoms with Crippen molar-refractivity contribution in [2.24, 2.45) is 0 Å². The molecular weight excluding hydrogens is 105 g/mol. The summed E-state index contributed by atoms with van der Waals surface area (Å²) in [6.07, 6.45) is 0. The van der Waals surface area contributed by atoms with E-state index in [1.165, 1.54) is 0 Å². The van der Waals surface area contributed by atoms with Crippen LogP contribution in [0.5, 0.6) is 0 Å². The average molecular weight is 105 g/mol. The van der Waals surface area contributed by atoms with E-state index in [0.717, 1.165) is 0 Å². The summed E-state index contributed by atoms with van der Waals surface area (Å²) in [5.41, 5.74) is 0. The first kappa shape index (κ1) is 9.55. The van der Waals surface area contributed by atoms with E-state index in [-0.39, 0.29) is 8.41 Å². The number of carbonyl (C=O) groups is 2. The van der Waals surface area contributed by atoms with Crippen molar-refractivity contribution in [3.8, 4) is 0 Å². The topological polar surface area (TPSA) is 34.1 Å². The molecule has 0 amide bonds. The fourth-order valence-electron chi connectivity index (χ4n) is 0. The first-order valence-electron chi connectivity index (χ1n) is 1.04. The highest BCUT2D eigenvalue weighted by Gasteiger charge is 2.07. The normalized spacial score (nSPS) is 6.57. The third-order valence-electron chi connectivity index (χ3n) is 0.155. The Morgan fingerprint density at radius 3 is 1.14 bits per heavy atom. The summed E-state index contributed by atoms with van der Waals surface area (Å²) in [7, 11) is 0. The van der Waals surface area contributed by atoms with Gasteiger partial charge in [0.05, 0.1) is 0 Å². The second-order valence-corrected chi connectivity index (χ2v) is 0.547. The van der Waals surface area contributed by atoms with Gasteiger partial charge in [-0.15, -0.1) is 0 Å². The monoisotopic (exact) mass is 105 g/mol. The molecule has 0 aromatic rings. The molecule has 0 aliphatic carbocycles. The molecule has 0 rings (SSSR count). The molecule has 0 fully saturated rings. The Morgan fingerprint density at radius 1 is 1.00 bits per heavy atom. The van der Waals surface area contributed by atoms with E-state index in [9.17, 15) is 8.78 Å². The van der Waals surface area contributed by atoms with Crippen LogP contribution in [0.15, 0.2) is 0 Å². The van der Waals surface area contributed by atoms with E-state index in [2.05, 4.69) is 0 Å². The van der Waals surface area contributed by atoms with Crippen LogP contribution in [0.1, 0.15) is 0 Å². The van der Waals surface area contributed by atoms with Crippen LogP contribution in [0.4, 0.5) is 8.78 Å². The van der Waals surface area contributed by atoms with Gasteiger partial charge in [-0.3, -0.25) is 0 Å². The molecule has 0 saturated carbocycles. The molecule has 2 nitrogen and oxygen atoms in total. The van der Waals surface area contributed by atoms with Crippen molar-refractivity contribution in [3.05, 3.63) is 0 Å². The lowest BCUT2D eigenvalue weighted by molar-refractivity contribution is -0.149. The molecule has 0 aromatic heterocycles. The summed E-state index contributed by atoms with van der Waals surface area (Å²) in [5.74, 6) is 0. The third kappa shape index (κ3) is 5.26. The summed E-state index contributed by atoms with van der Waals surface area (Å²) in [5, 5.41) is 0. The van der Waals surface area contributed by atoms with Crippen molar-refractivity contribution in [2.45, 2.75) is 0 Å². The van der Waals surface area contributed by atoms with Gasteiger partial charge in [0.25, 0.3) is 0 Å². The van der Waals surface area contributed by atoms with Crippen molar-refractivity contribution in [3.63, 3.8) is 0 Å². The van der Waals surface area contributed by atoms with E-state index in [4.69, 9.17) is 9.59 Å². The first-order chi connectivity index (χ1) is 2.64. The largest absolute Gasteiger partial charge is 0.401 e. The maximum absolute atomic E-state index is 10.5. The van der Waals surface area contributed by atoms with Gasteiger partial charge < -0.3 is 0 Å². The van der Waals surface area contributed by atoms with Gasteiger partial charge in [0.1, 0.15) is 0 Å². The summed E-state index contributed by atoms with van der Waals surface area (Å²) in [6.45, 7) is 0. The molecule has 0 heterocycles. The van der Waals surface area contributed by atoms with Gasteiger partial charge >= 0.3 is 12.1 Å². The zero-order valence-corrected chi connectivity index (χ0v) is 3.15. The minimum absolute atomic E-state index is 0. The predicted octanol–water partition coefficient (Wildman–Crippen LogP) is -0.402. The molecule has 37 valence electrons. The lowest BCUT2D eigenvalue weighted by Gasteiger charge is -1.63. The minimum Gasteiger partial charge on any atom is -0.249 e. The highest BCUT2D eigenvalue weighted by atomic mass is 19.2. The molecule has 0 saturated heterocycles. The van der Waals surface area contributed by atoms with Gasteiger partial charge in [-0.2, -0.15) is 8.78 Å². The number of carbonyl (C=O) groups excluding carboxylic acids is 2. The van der Waals surface area contributed by atoms with Crippen LogP contribution in [0.3, 0.4) is 0 Å². The Kier molecular flexibility index (Phi) is 4.71. The molecule has 3 radical (unpaired) electrons. The minimum atomic E-state index is -2.55. The van der Waals surface area contributed by atoms with Gasteiger partial charge in [0.2, 0.25) is 0 Å². The van der Waals surface area contributed by atoms with E-state index in [1.807, 2.05) is 0 Å². The lowest BCUT2D eigenvalue weighted by Crippen LogP contribution is -1.97. The molecule has 0 aromatic carbocycles. The Bertz CT molecular complexity index is 79.7. The van der Waals surface area contributed by atoms with Gasteiger partial charge in [0.15, 0.2) is 0 Å². The molecule has 0 bridgehead atoms. The van der Waals surface area contributed by atoms with Crippen molar-refractivity contribution < 1.29 is 18.4 Å². The Labute approximate surface area is 40.1 Å². The van der Waals surface area contributed by atoms with Crippen molar-refractivity contribution >= 4 is 20.5 Å². The summed E-state index contributed by atoms with van der Waals surface area (Å²) in [4.78, 5) is 17.5. The van der Waals surface area contributed by atoms with Gasteiger partial charge in [-0.1, -0.05) is 0 Å². The molecule has 7 heavy (non-hydrogen) atoms. The fourth-order valence-corrected chi connectivity index (χ4v) is 0. The second kappa shape index (κ2) is 3.45. The molecular formula is C2BF2O2. The van der Waals surface area contributed by atoms with Crippen molar-refractivity contribution in [2.75, 3.05) is 0 Å². The van der Waals surface area contributed by atoms with Crippen LogP contribution in [0.25, 0.3) is 0 Å². The van der Waals surface area contributed by atoms with Crippen LogP contribution in [-0.2, 0) is 9.59 Å². The van der Waals surface area contributed by atoms with Crippen LogP contribution >= 0.6 is 0 Å². The Balaban J connectivity index is 0. The molecule has 0 aliphatic heterocycles. The van der Waals surface area contributed by atoms with Crippen LogP contribution in [-0.4, -0.2) is 20.5 Å². The fraction of sp³-hybridized carbons (Fsp3) is 0. The molecule has 0 atom stereocenters. The number of hydrogen-bond donors (Lipinski definition) is 0. The van der Waals surface area contributed by atoms with Crippen molar-refractivity contribution in [1.29, 1.82) is 0 Å². The Morgan fingerprint density at radius 2 is 1.14 bits per heavy atom. The number of halogens is 2. The van der Waals surface area contributed by atoms with Crippen LogP contribution in [0.2, 0.25) is 0 Å². The zero-order chi connectivity index (χ0) is 5.15. The number of hydrogen-bond acceptors (Lipinski definition) is 2. The van der Waals surface area contributed by atoms with Crippen LogP contribution < -0.4 is 0 Å². The molecule has 0 unspecified atom stereocenters. The second-order valence-electron chi connectivity index (χ2n) is 0.547. The third-order valence-corrected chi connectivity index (χ3v) is 0.155. The maximum Gasteiger partial charge on any atom is 0.401 e. The smallest absolute Gasteiger partial charge is 0.249 e. The van der Waals surface area contributed by atoms with E-state index >= 15 is 0 Å². The quantitative estimate of drug-likeness (QED) is 0.258. The molecule has 0 spiro atoms. The predicted molar refractivity (Wildman–Crippen MR) is 18.0 cm³/mol. The van der Waals surface area contributed by atoms with E-state index in [1.54, 1.807) is 0 Å². The summed E-state index contributed by atoms with van der Waals surface area (Å²) < 4.78 is 20.9. The van der Waals surface area contributed by atoms with E-state index in [0.29, 0.717) is 0 Å². The lowest BCUT2D eigenvalue weighted by atomic mass is 10.8. The number of rotatable bonds is 1. The van der Waals surface area contributed by atoms with Gasteiger partial charge in [-0.25, -0.2) is 9.59 Å². The Hall–Kier alpha value is -0.735. The SMILES string of the molecule is O=C(F)C(=O)F.[B].